The van der Waals surface area contributed by atoms with Crippen LogP contribution < -0.4 is 10.5 Å². The molecule has 1 rings (SSSR count). The van der Waals surface area contributed by atoms with Crippen LogP contribution in [0.3, 0.4) is 0 Å². The molecule has 2 N–H and O–H groups in total. The van der Waals surface area contributed by atoms with Crippen LogP contribution in [0.4, 0.5) is 5.82 Å². The number of aromatic nitrogens is 2. The molecular formula is C8H13N3O. The minimum Gasteiger partial charge on any atom is -0.471 e. The lowest BCUT2D eigenvalue weighted by atomic mass is 10.2. The van der Waals surface area contributed by atoms with Crippen molar-refractivity contribution in [2.45, 2.75) is 26.2 Å². The average molecular weight is 176 g/mol. The van der Waals surface area contributed by atoms with E-state index in [2.05, 4.69) is 9.97 Å². The van der Waals surface area contributed by atoms with Crippen molar-refractivity contribution >= 4 is 5.82 Å². The maximum atomic E-state index is 7.36. The normalized spacial score (nSPS) is 25.5. The first-order chi connectivity index (χ1) is 9.22. The molecule has 0 aliphatic carbocycles. The van der Waals surface area contributed by atoms with E-state index in [1.807, 2.05) is 0 Å². The Hall–Kier alpha value is -1.32. The van der Waals surface area contributed by atoms with Crippen LogP contribution in [-0.2, 0) is 0 Å². The van der Waals surface area contributed by atoms with E-state index in [-0.39, 0.29) is 5.82 Å². The summed E-state index contributed by atoms with van der Waals surface area (Å²) in [5, 5.41) is 0. The molecule has 1 heterocycles. The highest BCUT2D eigenvalue weighted by atomic mass is 16.5. The van der Waals surface area contributed by atoms with Crippen LogP contribution in [0.5, 0.6) is 5.88 Å². The fraction of sp³-hybridized carbons (Fsp3) is 0.500. The molecule has 0 aliphatic rings. The van der Waals surface area contributed by atoms with Gasteiger partial charge in [-0.15, -0.1) is 0 Å². The van der Waals surface area contributed by atoms with Crippen LogP contribution in [-0.4, -0.2) is 15.6 Å². The summed E-state index contributed by atoms with van der Waals surface area (Å²) in [5.41, 5.74) is 1.88. The number of nitrogen functional groups attached to an aromatic ring is 1. The third-order valence-corrected chi connectivity index (χ3v) is 0.889. The second-order valence-corrected chi connectivity index (χ2v) is 2.07. The van der Waals surface area contributed by atoms with Gasteiger partial charge in [0, 0.05) is 12.3 Å². The molecule has 0 saturated carbocycles. The van der Waals surface area contributed by atoms with Gasteiger partial charge in [0.05, 0.1) is 12.4 Å². The summed E-state index contributed by atoms with van der Waals surface area (Å²) in [5.74, 6) is -0.776. The highest BCUT2D eigenvalue weighted by Gasteiger charge is 2.12. The van der Waals surface area contributed by atoms with Gasteiger partial charge in [-0.2, -0.15) is 4.98 Å². The zero-order valence-corrected chi connectivity index (χ0v) is 6.03. The summed E-state index contributed by atoms with van der Waals surface area (Å²) in [6, 6.07) is 0. The smallest absolute Gasteiger partial charge is 0.234 e. The lowest BCUT2D eigenvalue weighted by molar-refractivity contribution is 0.123. The third-order valence-electron chi connectivity index (χ3n) is 0.889. The molecule has 0 amide bonds. The van der Waals surface area contributed by atoms with E-state index in [4.69, 9.17) is 22.8 Å². The average Bonchev–Trinajstić information content (AvgIpc) is 2.20. The van der Waals surface area contributed by atoms with Crippen molar-refractivity contribution in [1.29, 1.82) is 0 Å². The Labute approximate surface area is 84.4 Å². The molecule has 1 aromatic rings. The first kappa shape index (κ1) is 2.58. The van der Waals surface area contributed by atoms with E-state index in [0.717, 1.165) is 12.4 Å². The number of anilines is 1. The van der Waals surface area contributed by atoms with Crippen LogP contribution in [0.1, 0.15) is 32.9 Å². The Morgan fingerprint density at radius 3 is 2.83 bits per heavy atom. The van der Waals surface area contributed by atoms with Gasteiger partial charge >= 0.3 is 0 Å². The van der Waals surface area contributed by atoms with Gasteiger partial charge in [-0.1, -0.05) is 0 Å². The van der Waals surface area contributed by atoms with E-state index in [1.54, 1.807) is 0 Å². The second-order valence-electron chi connectivity index (χ2n) is 2.07. The van der Waals surface area contributed by atoms with Crippen LogP contribution in [0.25, 0.3) is 0 Å². The van der Waals surface area contributed by atoms with Crippen molar-refractivity contribution in [2.75, 3.05) is 5.73 Å². The highest BCUT2D eigenvalue weighted by Crippen LogP contribution is 2.14. The predicted molar refractivity (Wildman–Crippen MR) is 46.8 cm³/mol. The van der Waals surface area contributed by atoms with Crippen molar-refractivity contribution in [1.82, 2.24) is 9.97 Å². The largest absolute Gasteiger partial charge is 0.471 e. The molecule has 0 fully saturated rings. The van der Waals surface area contributed by atoms with E-state index < -0.39 is 32.0 Å². The van der Waals surface area contributed by atoms with Gasteiger partial charge in [-0.3, -0.25) is 4.98 Å². The van der Waals surface area contributed by atoms with Crippen molar-refractivity contribution < 1.29 is 17.1 Å². The molecule has 0 atom stereocenters. The van der Waals surface area contributed by atoms with Gasteiger partial charge in [0.25, 0.3) is 0 Å². The van der Waals surface area contributed by atoms with Crippen LogP contribution in [0.15, 0.2) is 12.4 Å². The van der Waals surface area contributed by atoms with Gasteiger partial charge in [0.1, 0.15) is 11.4 Å². The zero-order valence-electron chi connectivity index (χ0n) is 15.0. The summed E-state index contributed by atoms with van der Waals surface area (Å²) in [6.07, 6.45) is 1.99. The molecular weight excluding hydrogens is 154 g/mol. The standard InChI is InChI=1S/C8H13N3O/c1-8(2,3)12-7-5-10-4-6(9)11-7/h4-5H,1-3H3,(H2,9,11)/i1D3,2D3,3D3. The zero-order chi connectivity index (χ0) is 16.7. The maximum absolute atomic E-state index is 7.36. The fourth-order valence-corrected chi connectivity index (χ4v) is 0.568. The van der Waals surface area contributed by atoms with Gasteiger partial charge in [-0.25, -0.2) is 0 Å². The van der Waals surface area contributed by atoms with Gasteiger partial charge in [0.2, 0.25) is 5.88 Å². The Bertz CT molecular complexity index is 471. The third kappa shape index (κ3) is 2.74. The summed E-state index contributed by atoms with van der Waals surface area (Å²) in [4.78, 5) is 7.09. The molecule has 0 aliphatic heterocycles. The molecule has 0 unspecified atom stereocenters. The van der Waals surface area contributed by atoms with Gasteiger partial charge in [0.15, 0.2) is 0 Å². The summed E-state index contributed by atoms with van der Waals surface area (Å²) in [6.45, 7) is -10.4. The van der Waals surface area contributed by atoms with Crippen LogP contribution in [0, 0.1) is 0 Å². The molecule has 0 bridgehead atoms. The number of hydrogen-bond donors (Lipinski definition) is 1. The van der Waals surface area contributed by atoms with Crippen molar-refractivity contribution in [2.24, 2.45) is 0 Å². The minimum atomic E-state index is -3.48. The highest BCUT2D eigenvalue weighted by molar-refractivity contribution is 5.26. The number of nitrogens with zero attached hydrogens (tertiary/aromatic N) is 2. The summed E-state index contributed by atoms with van der Waals surface area (Å²) >= 11 is 0. The number of nitrogens with two attached hydrogens (primary N) is 1. The quantitative estimate of drug-likeness (QED) is 0.699. The first-order valence-corrected chi connectivity index (χ1v) is 2.99. The number of rotatable bonds is 1. The SMILES string of the molecule is [2H]C([2H])([2H])C(Oc1cncc(N)n1)(C([2H])([2H])[2H])C([2H])([2H])[2H]. The van der Waals surface area contributed by atoms with Gasteiger partial charge in [-0.05, 0) is 20.6 Å². The lowest BCUT2D eigenvalue weighted by Gasteiger charge is -2.19. The first-order valence-electron chi connectivity index (χ1n) is 7.49. The monoisotopic (exact) mass is 176 g/mol. The Balaban J connectivity index is 3.52. The number of hydrogen-bond acceptors (Lipinski definition) is 4. The maximum Gasteiger partial charge on any atom is 0.234 e. The molecule has 0 spiro atoms. The Morgan fingerprint density at radius 2 is 2.25 bits per heavy atom. The van der Waals surface area contributed by atoms with E-state index in [0.29, 0.717) is 0 Å². The minimum absolute atomic E-state index is 0.178. The molecule has 4 heteroatoms. The molecule has 0 radical (unpaired) electrons. The molecule has 4 nitrogen and oxygen atoms in total. The molecule has 1 aromatic heterocycles. The molecule has 12 heavy (non-hydrogen) atoms. The van der Waals surface area contributed by atoms with E-state index >= 15 is 0 Å². The van der Waals surface area contributed by atoms with Crippen molar-refractivity contribution in [3.05, 3.63) is 12.4 Å². The topological polar surface area (TPSA) is 61.0 Å². The van der Waals surface area contributed by atoms with Crippen LogP contribution in [0.2, 0.25) is 0 Å². The summed E-state index contributed by atoms with van der Waals surface area (Å²) in [7, 11) is 0. The van der Waals surface area contributed by atoms with Crippen molar-refractivity contribution in [3.8, 4) is 5.88 Å². The van der Waals surface area contributed by atoms with E-state index in [9.17, 15) is 0 Å². The van der Waals surface area contributed by atoms with Gasteiger partial charge < -0.3 is 10.5 Å². The molecule has 0 saturated heterocycles. The summed E-state index contributed by atoms with van der Waals surface area (Å²) < 4.78 is 71.1. The molecule has 66 valence electrons. The van der Waals surface area contributed by atoms with Crippen molar-refractivity contribution in [3.63, 3.8) is 0 Å². The second kappa shape index (κ2) is 2.97. The van der Waals surface area contributed by atoms with E-state index in [1.165, 1.54) is 0 Å². The Kier molecular flexibility index (Phi) is 0.639. The molecule has 0 aromatic carbocycles. The Morgan fingerprint density at radius 1 is 1.50 bits per heavy atom. The number of ether oxygens (including phenoxy) is 1. The van der Waals surface area contributed by atoms with Crippen LogP contribution >= 0.6 is 0 Å². The predicted octanol–water partition coefficient (Wildman–Crippen LogP) is 1.24. The fourth-order valence-electron chi connectivity index (χ4n) is 0.568. The lowest BCUT2D eigenvalue weighted by Crippen LogP contribution is -2.23.